The molecule has 0 radical (unpaired) electrons. The van der Waals surface area contributed by atoms with E-state index in [1.807, 2.05) is 25.1 Å². The standard InChI is InChI=1S/C18H20N4O2S/c1-3-13-6-8-14(9-7-13)17-20-18(22-21-17)25-11-16(23)19-12(2)15-5-4-10-24-15/h4-10,12H,3,11H2,1-2H3,(H,19,23)(H,20,21,22)/t12-/m1/s1. The summed E-state index contributed by atoms with van der Waals surface area (Å²) in [4.78, 5) is 16.5. The lowest BCUT2D eigenvalue weighted by molar-refractivity contribution is -0.119. The van der Waals surface area contributed by atoms with Gasteiger partial charge >= 0.3 is 0 Å². The number of nitrogens with one attached hydrogen (secondary N) is 2. The van der Waals surface area contributed by atoms with Crippen molar-refractivity contribution < 1.29 is 9.21 Å². The molecule has 2 heterocycles. The maximum absolute atomic E-state index is 12.0. The Morgan fingerprint density at radius 1 is 1.32 bits per heavy atom. The normalized spacial score (nSPS) is 12.1. The molecule has 0 saturated carbocycles. The van der Waals surface area contributed by atoms with E-state index in [-0.39, 0.29) is 17.7 Å². The lowest BCUT2D eigenvalue weighted by Gasteiger charge is -2.10. The van der Waals surface area contributed by atoms with E-state index in [0.29, 0.717) is 11.0 Å². The van der Waals surface area contributed by atoms with E-state index in [1.165, 1.54) is 17.3 Å². The molecular formula is C18H20N4O2S. The summed E-state index contributed by atoms with van der Waals surface area (Å²) >= 11 is 1.29. The summed E-state index contributed by atoms with van der Waals surface area (Å²) in [6.45, 7) is 4.00. The van der Waals surface area contributed by atoms with Gasteiger partial charge in [0.15, 0.2) is 5.82 Å². The molecule has 2 aromatic heterocycles. The van der Waals surface area contributed by atoms with E-state index in [4.69, 9.17) is 4.42 Å². The van der Waals surface area contributed by atoms with Crippen LogP contribution in [0.2, 0.25) is 0 Å². The highest BCUT2D eigenvalue weighted by atomic mass is 32.2. The minimum atomic E-state index is -0.164. The predicted molar refractivity (Wildman–Crippen MR) is 97.2 cm³/mol. The van der Waals surface area contributed by atoms with E-state index >= 15 is 0 Å². The Hall–Kier alpha value is -2.54. The van der Waals surface area contributed by atoms with Gasteiger partial charge < -0.3 is 9.73 Å². The Morgan fingerprint density at radius 2 is 2.12 bits per heavy atom. The summed E-state index contributed by atoms with van der Waals surface area (Å²) in [7, 11) is 0. The molecular weight excluding hydrogens is 336 g/mol. The summed E-state index contributed by atoms with van der Waals surface area (Å²) in [6, 6.07) is 11.7. The van der Waals surface area contributed by atoms with Crippen LogP contribution in [0.25, 0.3) is 11.4 Å². The van der Waals surface area contributed by atoms with Gasteiger partial charge in [0.05, 0.1) is 18.1 Å². The molecule has 0 unspecified atom stereocenters. The number of hydrogen-bond acceptors (Lipinski definition) is 5. The number of thioether (sulfide) groups is 1. The molecule has 0 aliphatic carbocycles. The van der Waals surface area contributed by atoms with Crippen LogP contribution in [-0.2, 0) is 11.2 Å². The van der Waals surface area contributed by atoms with Crippen LogP contribution < -0.4 is 5.32 Å². The number of carbonyl (C=O) groups is 1. The highest BCUT2D eigenvalue weighted by Crippen LogP contribution is 2.20. The molecule has 0 fully saturated rings. The van der Waals surface area contributed by atoms with Gasteiger partial charge in [-0.3, -0.25) is 9.89 Å². The van der Waals surface area contributed by atoms with Crippen molar-refractivity contribution in [1.82, 2.24) is 20.5 Å². The van der Waals surface area contributed by atoms with Crippen LogP contribution in [0, 0.1) is 0 Å². The maximum Gasteiger partial charge on any atom is 0.231 e. The SMILES string of the molecule is CCc1ccc(-c2nc(SCC(=O)N[C@H](C)c3ccco3)n[nH]2)cc1. The molecule has 0 bridgehead atoms. The van der Waals surface area contributed by atoms with E-state index in [0.717, 1.165) is 17.7 Å². The Labute approximate surface area is 150 Å². The number of benzene rings is 1. The van der Waals surface area contributed by atoms with E-state index in [9.17, 15) is 4.79 Å². The third kappa shape index (κ3) is 4.51. The average molecular weight is 356 g/mol. The minimum absolute atomic E-state index is 0.0902. The third-order valence-corrected chi connectivity index (χ3v) is 4.63. The van der Waals surface area contributed by atoms with Gasteiger partial charge in [-0.25, -0.2) is 4.98 Å². The van der Waals surface area contributed by atoms with Crippen molar-refractivity contribution in [2.75, 3.05) is 5.75 Å². The number of aromatic nitrogens is 3. The van der Waals surface area contributed by atoms with Crippen LogP contribution in [0.4, 0.5) is 0 Å². The van der Waals surface area contributed by atoms with Crippen molar-refractivity contribution in [3.8, 4) is 11.4 Å². The predicted octanol–water partition coefficient (Wildman–Crippen LogP) is 3.60. The molecule has 6 nitrogen and oxygen atoms in total. The van der Waals surface area contributed by atoms with Crippen LogP contribution in [0.3, 0.4) is 0 Å². The number of carbonyl (C=O) groups excluding carboxylic acids is 1. The summed E-state index contributed by atoms with van der Waals surface area (Å²) in [5, 5.41) is 10.5. The summed E-state index contributed by atoms with van der Waals surface area (Å²) < 4.78 is 5.28. The van der Waals surface area contributed by atoms with Crippen LogP contribution >= 0.6 is 11.8 Å². The average Bonchev–Trinajstić information content (AvgIpc) is 3.32. The van der Waals surface area contributed by atoms with Gasteiger partial charge in [0, 0.05) is 5.56 Å². The highest BCUT2D eigenvalue weighted by molar-refractivity contribution is 7.99. The second kappa shape index (κ2) is 8.02. The van der Waals surface area contributed by atoms with Gasteiger partial charge in [-0.2, -0.15) is 0 Å². The minimum Gasteiger partial charge on any atom is -0.467 e. The third-order valence-electron chi connectivity index (χ3n) is 3.78. The zero-order valence-electron chi connectivity index (χ0n) is 14.2. The Balaban J connectivity index is 1.53. The van der Waals surface area contributed by atoms with Crippen molar-refractivity contribution in [2.45, 2.75) is 31.5 Å². The first-order valence-electron chi connectivity index (χ1n) is 8.13. The number of hydrogen-bond donors (Lipinski definition) is 2. The smallest absolute Gasteiger partial charge is 0.231 e. The van der Waals surface area contributed by atoms with Crippen molar-refractivity contribution >= 4 is 17.7 Å². The highest BCUT2D eigenvalue weighted by Gasteiger charge is 2.13. The van der Waals surface area contributed by atoms with E-state index < -0.39 is 0 Å². The summed E-state index contributed by atoms with van der Waals surface area (Å²) in [5.74, 6) is 1.59. The van der Waals surface area contributed by atoms with Crippen molar-refractivity contribution in [1.29, 1.82) is 0 Å². The van der Waals surface area contributed by atoms with Crippen LogP contribution in [-0.4, -0.2) is 26.8 Å². The molecule has 7 heteroatoms. The van der Waals surface area contributed by atoms with Crippen LogP contribution in [0.15, 0.2) is 52.2 Å². The Bertz CT molecular complexity index is 812. The maximum atomic E-state index is 12.0. The fourth-order valence-corrected chi connectivity index (χ4v) is 2.97. The zero-order valence-corrected chi connectivity index (χ0v) is 15.0. The lowest BCUT2D eigenvalue weighted by atomic mass is 10.1. The Kier molecular flexibility index (Phi) is 5.55. The van der Waals surface area contributed by atoms with Gasteiger partial charge in [0.25, 0.3) is 0 Å². The van der Waals surface area contributed by atoms with Gasteiger partial charge in [-0.15, -0.1) is 5.10 Å². The number of furan rings is 1. The number of nitrogens with zero attached hydrogens (tertiary/aromatic N) is 2. The summed E-state index contributed by atoms with van der Waals surface area (Å²) in [6.07, 6.45) is 2.60. The Morgan fingerprint density at radius 3 is 2.80 bits per heavy atom. The number of aromatic amines is 1. The molecule has 1 atom stereocenters. The van der Waals surface area contributed by atoms with Gasteiger partial charge in [-0.1, -0.05) is 43.0 Å². The lowest BCUT2D eigenvalue weighted by Crippen LogP contribution is -2.27. The molecule has 0 aliphatic heterocycles. The van der Waals surface area contributed by atoms with Crippen molar-refractivity contribution in [3.05, 3.63) is 54.0 Å². The molecule has 1 aromatic carbocycles. The molecule has 1 amide bonds. The second-order valence-electron chi connectivity index (χ2n) is 5.61. The van der Waals surface area contributed by atoms with Gasteiger partial charge in [0.2, 0.25) is 11.1 Å². The molecule has 0 aliphatic rings. The first-order valence-corrected chi connectivity index (χ1v) is 9.11. The fraction of sp³-hybridized carbons (Fsp3) is 0.278. The monoisotopic (exact) mass is 356 g/mol. The number of rotatable bonds is 7. The molecule has 3 rings (SSSR count). The summed E-state index contributed by atoms with van der Waals surface area (Å²) in [5.41, 5.74) is 2.26. The van der Waals surface area contributed by atoms with Crippen LogP contribution in [0.5, 0.6) is 0 Å². The first-order chi connectivity index (χ1) is 12.2. The molecule has 0 spiro atoms. The van der Waals surface area contributed by atoms with Gasteiger partial charge in [0.1, 0.15) is 5.76 Å². The van der Waals surface area contributed by atoms with Crippen LogP contribution in [0.1, 0.15) is 31.2 Å². The quantitative estimate of drug-likeness (QED) is 0.632. The molecule has 3 aromatic rings. The number of amides is 1. The topological polar surface area (TPSA) is 83.8 Å². The molecule has 0 saturated heterocycles. The number of H-pyrrole nitrogens is 1. The van der Waals surface area contributed by atoms with Crippen molar-refractivity contribution in [2.24, 2.45) is 0 Å². The molecule has 130 valence electrons. The van der Waals surface area contributed by atoms with Crippen molar-refractivity contribution in [3.63, 3.8) is 0 Å². The fourth-order valence-electron chi connectivity index (χ4n) is 2.36. The van der Waals surface area contributed by atoms with E-state index in [2.05, 4.69) is 39.6 Å². The second-order valence-corrected chi connectivity index (χ2v) is 6.55. The van der Waals surface area contributed by atoms with Gasteiger partial charge in [-0.05, 0) is 31.0 Å². The first kappa shape index (κ1) is 17.3. The van der Waals surface area contributed by atoms with E-state index in [1.54, 1.807) is 12.3 Å². The number of aryl methyl sites for hydroxylation is 1. The zero-order chi connectivity index (χ0) is 17.6. The largest absolute Gasteiger partial charge is 0.467 e. The molecule has 25 heavy (non-hydrogen) atoms. The molecule has 2 N–H and O–H groups in total.